The number of carbonyl (C=O) groups excluding carboxylic acids is 1. The van der Waals surface area contributed by atoms with Gasteiger partial charge in [-0.25, -0.2) is 0 Å². The molecular weight excluding hydrogens is 265 g/mol. The predicted octanol–water partition coefficient (Wildman–Crippen LogP) is 2.07. The van der Waals surface area contributed by atoms with Crippen LogP contribution in [0.4, 0.5) is 0 Å². The molecule has 1 amide bonds. The number of rotatable bonds is 1. The molecule has 0 radical (unpaired) electrons. The number of piperidine rings is 1. The van der Waals surface area contributed by atoms with Crippen LogP contribution >= 0.6 is 22.6 Å². The van der Waals surface area contributed by atoms with Gasteiger partial charge in [0.2, 0.25) is 5.91 Å². The van der Waals surface area contributed by atoms with Gasteiger partial charge in [-0.3, -0.25) is 4.79 Å². The van der Waals surface area contributed by atoms with Crippen molar-refractivity contribution in [3.63, 3.8) is 0 Å². The van der Waals surface area contributed by atoms with E-state index in [-0.39, 0.29) is 5.92 Å². The lowest BCUT2D eigenvalue weighted by Crippen LogP contribution is -2.40. The van der Waals surface area contributed by atoms with E-state index in [1.165, 1.54) is 12.8 Å². The first-order valence-corrected chi connectivity index (χ1v) is 5.78. The molecule has 0 atom stereocenters. The lowest BCUT2D eigenvalue weighted by atomic mass is 10.1. The summed E-state index contributed by atoms with van der Waals surface area (Å²) in [4.78, 5) is 13.5. The topological polar surface area (TPSA) is 20.3 Å². The largest absolute Gasteiger partial charge is 0.342 e. The molecule has 1 rings (SSSR count). The summed E-state index contributed by atoms with van der Waals surface area (Å²) in [6.45, 7) is 5.87. The molecule has 0 aromatic carbocycles. The molecule has 1 saturated heterocycles. The second kappa shape index (κ2) is 4.44. The summed E-state index contributed by atoms with van der Waals surface area (Å²) in [5, 5.41) is 0. The second-order valence-corrected chi connectivity index (χ2v) is 5.42. The number of carbonyl (C=O) groups is 1. The molecule has 0 bridgehead atoms. The van der Waals surface area contributed by atoms with Gasteiger partial charge in [-0.05, 0) is 12.8 Å². The van der Waals surface area contributed by atoms with Crippen LogP contribution in [0.3, 0.4) is 0 Å². The molecular formula is C9H16INO. The fourth-order valence-electron chi connectivity index (χ4n) is 1.43. The minimum atomic E-state index is 0.163. The quantitative estimate of drug-likeness (QED) is 0.532. The summed E-state index contributed by atoms with van der Waals surface area (Å²) in [5.74, 6) is 0.481. The zero-order valence-electron chi connectivity index (χ0n) is 7.72. The monoisotopic (exact) mass is 281 g/mol. The van der Waals surface area contributed by atoms with Crippen LogP contribution in [0.25, 0.3) is 0 Å². The van der Waals surface area contributed by atoms with Crippen molar-refractivity contribution in [2.75, 3.05) is 13.1 Å². The van der Waals surface area contributed by atoms with Crippen LogP contribution in [0.5, 0.6) is 0 Å². The standard InChI is InChI=1S/C9H16INO/c1-7(2)9(12)11-5-3-8(10)4-6-11/h7-8H,3-6H2,1-2H3. The molecule has 3 heteroatoms. The van der Waals surface area contributed by atoms with Gasteiger partial charge in [-0.15, -0.1) is 0 Å². The molecule has 0 aromatic rings. The van der Waals surface area contributed by atoms with Crippen LogP contribution in [0, 0.1) is 5.92 Å². The molecule has 0 aromatic heterocycles. The number of amides is 1. The molecule has 12 heavy (non-hydrogen) atoms. The maximum Gasteiger partial charge on any atom is 0.225 e. The van der Waals surface area contributed by atoms with Crippen molar-refractivity contribution >= 4 is 28.5 Å². The molecule has 0 unspecified atom stereocenters. The van der Waals surface area contributed by atoms with Gasteiger partial charge in [-0.1, -0.05) is 36.4 Å². The first-order valence-electron chi connectivity index (χ1n) is 4.54. The molecule has 1 heterocycles. The Bertz CT molecular complexity index is 162. The van der Waals surface area contributed by atoms with E-state index < -0.39 is 0 Å². The number of nitrogens with zero attached hydrogens (tertiary/aromatic N) is 1. The van der Waals surface area contributed by atoms with E-state index in [9.17, 15) is 4.79 Å². The van der Waals surface area contributed by atoms with Crippen LogP contribution in [0.1, 0.15) is 26.7 Å². The Kier molecular flexibility index (Phi) is 3.80. The maximum absolute atomic E-state index is 11.5. The third kappa shape index (κ3) is 2.61. The average Bonchev–Trinajstić information content (AvgIpc) is 2.04. The van der Waals surface area contributed by atoms with E-state index in [0.29, 0.717) is 5.91 Å². The summed E-state index contributed by atoms with van der Waals surface area (Å²) >= 11 is 2.47. The van der Waals surface area contributed by atoms with Gasteiger partial charge in [0, 0.05) is 22.9 Å². The maximum atomic E-state index is 11.5. The first-order chi connectivity index (χ1) is 5.61. The van der Waals surface area contributed by atoms with Crippen LogP contribution in [0.2, 0.25) is 0 Å². The molecule has 70 valence electrons. The Morgan fingerprint density at radius 3 is 2.33 bits per heavy atom. The van der Waals surface area contributed by atoms with Gasteiger partial charge in [0.15, 0.2) is 0 Å². The van der Waals surface area contributed by atoms with E-state index in [2.05, 4.69) is 22.6 Å². The number of hydrogen-bond acceptors (Lipinski definition) is 1. The Morgan fingerprint density at radius 1 is 1.42 bits per heavy atom. The average molecular weight is 281 g/mol. The molecule has 0 aliphatic carbocycles. The van der Waals surface area contributed by atoms with Crippen molar-refractivity contribution in [1.82, 2.24) is 4.90 Å². The highest BCUT2D eigenvalue weighted by atomic mass is 127. The Morgan fingerprint density at radius 2 is 1.92 bits per heavy atom. The fraction of sp³-hybridized carbons (Fsp3) is 0.889. The Hall–Kier alpha value is 0.200. The van der Waals surface area contributed by atoms with E-state index in [1.54, 1.807) is 0 Å². The van der Waals surface area contributed by atoms with E-state index >= 15 is 0 Å². The van der Waals surface area contributed by atoms with Crippen molar-refractivity contribution in [2.24, 2.45) is 5.92 Å². The van der Waals surface area contributed by atoms with Crippen LogP contribution in [0.15, 0.2) is 0 Å². The molecule has 1 fully saturated rings. The van der Waals surface area contributed by atoms with Crippen molar-refractivity contribution in [3.8, 4) is 0 Å². The summed E-state index contributed by atoms with van der Waals surface area (Å²) in [6.07, 6.45) is 2.33. The SMILES string of the molecule is CC(C)C(=O)N1CCC(I)CC1. The van der Waals surface area contributed by atoms with E-state index in [1.807, 2.05) is 18.7 Å². The van der Waals surface area contributed by atoms with Crippen LogP contribution in [-0.4, -0.2) is 27.8 Å². The highest BCUT2D eigenvalue weighted by Gasteiger charge is 2.22. The number of likely N-dealkylation sites (tertiary alicyclic amines) is 1. The zero-order chi connectivity index (χ0) is 9.14. The predicted molar refractivity (Wildman–Crippen MR) is 58.5 cm³/mol. The number of alkyl halides is 1. The molecule has 2 nitrogen and oxygen atoms in total. The summed E-state index contributed by atoms with van der Waals surface area (Å²) < 4.78 is 0.777. The Balaban J connectivity index is 2.39. The van der Waals surface area contributed by atoms with Gasteiger partial charge in [0.1, 0.15) is 0 Å². The van der Waals surface area contributed by atoms with Crippen molar-refractivity contribution in [2.45, 2.75) is 30.6 Å². The van der Waals surface area contributed by atoms with Crippen molar-refractivity contribution in [3.05, 3.63) is 0 Å². The Labute approximate surface area is 87.8 Å². The van der Waals surface area contributed by atoms with Crippen molar-refractivity contribution in [1.29, 1.82) is 0 Å². The van der Waals surface area contributed by atoms with Crippen molar-refractivity contribution < 1.29 is 4.79 Å². The molecule has 1 aliphatic rings. The molecule has 0 saturated carbocycles. The van der Waals surface area contributed by atoms with E-state index in [4.69, 9.17) is 0 Å². The summed E-state index contributed by atoms with van der Waals surface area (Å²) in [5.41, 5.74) is 0. The zero-order valence-corrected chi connectivity index (χ0v) is 9.87. The van der Waals surface area contributed by atoms with Gasteiger partial charge >= 0.3 is 0 Å². The van der Waals surface area contributed by atoms with E-state index in [0.717, 1.165) is 17.0 Å². The van der Waals surface area contributed by atoms with Gasteiger partial charge in [0.05, 0.1) is 0 Å². The second-order valence-electron chi connectivity index (χ2n) is 3.65. The summed E-state index contributed by atoms with van der Waals surface area (Å²) in [6, 6.07) is 0. The summed E-state index contributed by atoms with van der Waals surface area (Å²) in [7, 11) is 0. The number of hydrogen-bond donors (Lipinski definition) is 0. The smallest absolute Gasteiger partial charge is 0.225 e. The highest BCUT2D eigenvalue weighted by Crippen LogP contribution is 2.19. The van der Waals surface area contributed by atoms with Gasteiger partial charge in [0.25, 0.3) is 0 Å². The van der Waals surface area contributed by atoms with Gasteiger partial charge < -0.3 is 4.90 Å². The number of halogens is 1. The third-order valence-corrected chi connectivity index (χ3v) is 3.48. The fourth-order valence-corrected chi connectivity index (χ4v) is 1.99. The third-order valence-electron chi connectivity index (χ3n) is 2.23. The molecule has 0 N–H and O–H groups in total. The minimum absolute atomic E-state index is 0.163. The van der Waals surface area contributed by atoms with Crippen LogP contribution < -0.4 is 0 Å². The first kappa shape index (κ1) is 10.3. The van der Waals surface area contributed by atoms with Gasteiger partial charge in [-0.2, -0.15) is 0 Å². The normalized spacial score (nSPS) is 20.2. The lowest BCUT2D eigenvalue weighted by Gasteiger charge is -2.30. The lowest BCUT2D eigenvalue weighted by molar-refractivity contribution is -0.135. The molecule has 1 aliphatic heterocycles. The highest BCUT2D eigenvalue weighted by molar-refractivity contribution is 14.1. The minimum Gasteiger partial charge on any atom is -0.342 e. The molecule has 0 spiro atoms. The van der Waals surface area contributed by atoms with Crippen LogP contribution in [-0.2, 0) is 4.79 Å².